The van der Waals surface area contributed by atoms with E-state index in [0.29, 0.717) is 4.47 Å². The van der Waals surface area contributed by atoms with Crippen molar-refractivity contribution in [2.75, 3.05) is 0 Å². The van der Waals surface area contributed by atoms with Crippen molar-refractivity contribution in [3.05, 3.63) is 49.4 Å². The lowest BCUT2D eigenvalue weighted by Crippen LogP contribution is -1.97. The molecule has 0 unspecified atom stereocenters. The van der Waals surface area contributed by atoms with Crippen LogP contribution in [-0.2, 0) is 0 Å². The van der Waals surface area contributed by atoms with Crippen LogP contribution in [0.4, 0.5) is 10.1 Å². The van der Waals surface area contributed by atoms with E-state index in [1.54, 1.807) is 0 Å². The summed E-state index contributed by atoms with van der Waals surface area (Å²) in [5, 5.41) is 10.9. The maximum absolute atomic E-state index is 13.4. The van der Waals surface area contributed by atoms with Gasteiger partial charge in [0.2, 0.25) is 5.75 Å². The molecule has 19 heavy (non-hydrogen) atoms. The lowest BCUT2D eigenvalue weighted by molar-refractivity contribution is -0.385. The van der Waals surface area contributed by atoms with Gasteiger partial charge in [-0.25, -0.2) is 14.4 Å². The molecule has 0 aliphatic rings. The number of aromatic nitrogens is 2. The monoisotopic (exact) mass is 391 g/mol. The third-order valence-electron chi connectivity index (χ3n) is 2.00. The van der Waals surface area contributed by atoms with Gasteiger partial charge in [0.15, 0.2) is 0 Å². The molecule has 0 radical (unpaired) electrons. The Kier molecular flexibility index (Phi) is 4.05. The largest absolute Gasteiger partial charge is 0.417 e. The average Bonchev–Trinajstić information content (AvgIpc) is 2.36. The smallest absolute Gasteiger partial charge is 0.322 e. The number of hydrogen-bond donors (Lipinski definition) is 0. The van der Waals surface area contributed by atoms with Gasteiger partial charge < -0.3 is 4.74 Å². The molecule has 0 amide bonds. The summed E-state index contributed by atoms with van der Waals surface area (Å²) in [6, 6.07) is 1.80. The Morgan fingerprint density at radius 3 is 2.47 bits per heavy atom. The van der Waals surface area contributed by atoms with Crippen molar-refractivity contribution in [2.45, 2.75) is 0 Å². The van der Waals surface area contributed by atoms with Crippen molar-refractivity contribution < 1.29 is 14.1 Å². The molecule has 0 fully saturated rings. The lowest BCUT2D eigenvalue weighted by Gasteiger charge is -2.05. The van der Waals surface area contributed by atoms with E-state index in [0.717, 1.165) is 12.1 Å². The summed E-state index contributed by atoms with van der Waals surface area (Å²) in [4.78, 5) is 17.8. The van der Waals surface area contributed by atoms with E-state index in [1.807, 2.05) is 0 Å². The van der Waals surface area contributed by atoms with Crippen LogP contribution in [0.1, 0.15) is 0 Å². The summed E-state index contributed by atoms with van der Waals surface area (Å²) in [5.41, 5.74) is -0.389. The van der Waals surface area contributed by atoms with Crippen LogP contribution >= 0.6 is 31.9 Å². The van der Waals surface area contributed by atoms with Crippen LogP contribution in [0.5, 0.6) is 11.8 Å². The zero-order valence-corrected chi connectivity index (χ0v) is 12.2. The molecule has 0 aliphatic carbocycles. The Labute approximate surface area is 123 Å². The molecule has 0 saturated heterocycles. The minimum atomic E-state index is -0.683. The Morgan fingerprint density at radius 2 is 1.89 bits per heavy atom. The predicted octanol–water partition coefficient (Wildman–Crippen LogP) is 3.84. The first-order valence-electron chi connectivity index (χ1n) is 4.76. The summed E-state index contributed by atoms with van der Waals surface area (Å²) >= 11 is 6.01. The molecule has 6 nitrogen and oxygen atoms in total. The summed E-state index contributed by atoms with van der Waals surface area (Å²) < 4.78 is 19.1. The van der Waals surface area contributed by atoms with Gasteiger partial charge in [-0.1, -0.05) is 0 Å². The molecule has 0 saturated carbocycles. The molecule has 0 aliphatic heterocycles. The maximum Gasteiger partial charge on any atom is 0.322 e. The summed E-state index contributed by atoms with van der Waals surface area (Å²) in [6.07, 6.45) is 2.81. The molecule has 0 spiro atoms. The molecule has 9 heteroatoms. The van der Waals surface area contributed by atoms with E-state index in [1.165, 1.54) is 12.4 Å². The quantitative estimate of drug-likeness (QED) is 0.585. The maximum atomic E-state index is 13.4. The highest BCUT2D eigenvalue weighted by Gasteiger charge is 2.20. The number of nitro benzene ring substituents is 1. The first-order valence-corrected chi connectivity index (χ1v) is 6.35. The van der Waals surface area contributed by atoms with Crippen LogP contribution in [0.15, 0.2) is 33.5 Å². The first kappa shape index (κ1) is 13.8. The van der Waals surface area contributed by atoms with Crippen LogP contribution in [-0.4, -0.2) is 14.9 Å². The van der Waals surface area contributed by atoms with Gasteiger partial charge in [0.1, 0.15) is 5.82 Å². The van der Waals surface area contributed by atoms with Crippen LogP contribution in [0, 0.1) is 15.9 Å². The Morgan fingerprint density at radius 1 is 1.26 bits per heavy atom. The third kappa shape index (κ3) is 3.24. The number of halogens is 3. The van der Waals surface area contributed by atoms with E-state index < -0.39 is 10.7 Å². The molecule has 0 atom stereocenters. The van der Waals surface area contributed by atoms with Gasteiger partial charge in [0, 0.05) is 24.5 Å². The molecule has 1 aromatic carbocycles. The van der Waals surface area contributed by atoms with Gasteiger partial charge in [-0.2, -0.15) is 0 Å². The Hall–Kier alpha value is -1.61. The normalized spacial score (nSPS) is 10.3. The van der Waals surface area contributed by atoms with Crippen LogP contribution < -0.4 is 4.74 Å². The van der Waals surface area contributed by atoms with Crippen LogP contribution in [0.2, 0.25) is 0 Å². The molecule has 1 heterocycles. The number of nitro groups is 1. The predicted molar refractivity (Wildman–Crippen MR) is 70.6 cm³/mol. The van der Waals surface area contributed by atoms with E-state index in [-0.39, 0.29) is 21.9 Å². The third-order valence-corrected chi connectivity index (χ3v) is 3.01. The fourth-order valence-corrected chi connectivity index (χ4v) is 1.73. The minimum absolute atomic E-state index is 0.0247. The second kappa shape index (κ2) is 5.57. The zero-order valence-electron chi connectivity index (χ0n) is 9.01. The topological polar surface area (TPSA) is 78.2 Å². The van der Waals surface area contributed by atoms with Crippen molar-refractivity contribution in [3.8, 4) is 11.8 Å². The number of hydrogen-bond acceptors (Lipinski definition) is 5. The SMILES string of the molecule is O=[N+]([O-])c1cc(Br)c(F)cc1Oc1ncc(Br)cn1. The molecule has 2 rings (SSSR count). The van der Waals surface area contributed by atoms with Gasteiger partial charge in [-0.15, -0.1) is 0 Å². The van der Waals surface area contributed by atoms with Gasteiger partial charge >= 0.3 is 11.7 Å². The van der Waals surface area contributed by atoms with Gasteiger partial charge in [-0.3, -0.25) is 10.1 Å². The Balaban J connectivity index is 2.41. The lowest BCUT2D eigenvalue weighted by atomic mass is 10.3. The van der Waals surface area contributed by atoms with Gasteiger partial charge in [0.05, 0.1) is 13.9 Å². The molecular formula is C10H4Br2FN3O3. The second-order valence-electron chi connectivity index (χ2n) is 3.28. The zero-order chi connectivity index (χ0) is 14.0. The Bertz CT molecular complexity index is 637. The molecule has 0 N–H and O–H groups in total. The van der Waals surface area contributed by atoms with E-state index in [4.69, 9.17) is 4.74 Å². The number of nitrogens with zero attached hydrogens (tertiary/aromatic N) is 3. The van der Waals surface area contributed by atoms with Crippen molar-refractivity contribution in [2.24, 2.45) is 0 Å². The highest BCUT2D eigenvalue weighted by Crippen LogP contribution is 2.34. The first-order chi connectivity index (χ1) is 8.97. The van der Waals surface area contributed by atoms with E-state index in [9.17, 15) is 14.5 Å². The van der Waals surface area contributed by atoms with Crippen molar-refractivity contribution in [1.29, 1.82) is 0 Å². The standard InChI is InChI=1S/C10H4Br2FN3O3/c11-5-3-14-10(15-4-5)19-9-2-7(13)6(12)1-8(9)16(17)18/h1-4H. The minimum Gasteiger partial charge on any atom is -0.417 e. The number of rotatable bonds is 3. The molecule has 98 valence electrons. The van der Waals surface area contributed by atoms with Crippen molar-refractivity contribution in [3.63, 3.8) is 0 Å². The summed E-state index contributed by atoms with van der Waals surface area (Å²) in [5.74, 6) is -0.953. The van der Waals surface area contributed by atoms with E-state index >= 15 is 0 Å². The number of benzene rings is 1. The molecular weight excluding hydrogens is 389 g/mol. The summed E-state index contributed by atoms with van der Waals surface area (Å²) in [6.45, 7) is 0. The highest BCUT2D eigenvalue weighted by molar-refractivity contribution is 9.10. The van der Waals surface area contributed by atoms with Gasteiger partial charge in [0.25, 0.3) is 0 Å². The number of ether oxygens (including phenoxy) is 1. The molecule has 0 bridgehead atoms. The average molecular weight is 393 g/mol. The fourth-order valence-electron chi connectivity index (χ4n) is 1.19. The summed E-state index contributed by atoms with van der Waals surface area (Å²) in [7, 11) is 0. The van der Waals surface area contributed by atoms with Crippen molar-refractivity contribution >= 4 is 37.5 Å². The second-order valence-corrected chi connectivity index (χ2v) is 5.05. The van der Waals surface area contributed by atoms with Crippen LogP contribution in [0.25, 0.3) is 0 Å². The fraction of sp³-hybridized carbons (Fsp3) is 0. The van der Waals surface area contributed by atoms with Crippen LogP contribution in [0.3, 0.4) is 0 Å². The molecule has 1 aromatic heterocycles. The van der Waals surface area contributed by atoms with Gasteiger partial charge in [-0.05, 0) is 31.9 Å². The molecule has 2 aromatic rings. The van der Waals surface area contributed by atoms with Crippen molar-refractivity contribution in [1.82, 2.24) is 9.97 Å². The van der Waals surface area contributed by atoms with E-state index in [2.05, 4.69) is 41.8 Å². The highest BCUT2D eigenvalue weighted by atomic mass is 79.9.